The molecule has 0 aliphatic heterocycles. The minimum atomic E-state index is 0.724. The van der Waals surface area contributed by atoms with E-state index in [1.54, 1.807) is 6.42 Å². The van der Waals surface area contributed by atoms with E-state index in [1.807, 2.05) is 0 Å². The second kappa shape index (κ2) is 5.53. The quantitative estimate of drug-likeness (QED) is 0.721. The van der Waals surface area contributed by atoms with E-state index in [4.69, 9.17) is 0 Å². The highest BCUT2D eigenvalue weighted by Gasteiger charge is 2.38. The Bertz CT molecular complexity index is 211. The highest BCUT2D eigenvalue weighted by atomic mass is 14.9. The van der Waals surface area contributed by atoms with Crippen molar-refractivity contribution < 1.29 is 0 Å². The predicted octanol–water partition coefficient (Wildman–Crippen LogP) is 3.84. The van der Waals surface area contributed by atoms with Crippen LogP contribution in [-0.2, 0) is 0 Å². The van der Waals surface area contributed by atoms with Crippen molar-refractivity contribution in [3.63, 3.8) is 0 Å². The number of hydrogen-bond donors (Lipinski definition) is 1. The van der Waals surface area contributed by atoms with Crippen molar-refractivity contribution in [1.29, 1.82) is 0 Å². The number of rotatable bonds is 6. The van der Waals surface area contributed by atoms with Gasteiger partial charge < -0.3 is 5.32 Å². The molecule has 2 fully saturated rings. The molecule has 1 heteroatoms. The summed E-state index contributed by atoms with van der Waals surface area (Å²) in [7, 11) is 0. The highest BCUT2D eigenvalue weighted by Crippen LogP contribution is 2.47. The molecule has 0 heterocycles. The molecule has 4 unspecified atom stereocenters. The average Bonchev–Trinajstić information content (AvgIpc) is 2.84. The summed E-state index contributed by atoms with van der Waals surface area (Å²) in [6.07, 6.45) is 8.84. The zero-order valence-corrected chi connectivity index (χ0v) is 11.3. The number of nitrogens with one attached hydrogen (secondary N) is 1. The molecule has 2 saturated carbocycles. The molecule has 0 radical (unpaired) electrons. The number of hydrogen-bond acceptors (Lipinski definition) is 1. The van der Waals surface area contributed by atoms with Gasteiger partial charge in [-0.05, 0) is 69.2 Å². The van der Waals surface area contributed by atoms with Gasteiger partial charge in [-0.1, -0.05) is 20.3 Å². The van der Waals surface area contributed by atoms with Crippen LogP contribution in [0.25, 0.3) is 0 Å². The van der Waals surface area contributed by atoms with Gasteiger partial charge in [-0.3, -0.25) is 0 Å². The Balaban J connectivity index is 1.60. The van der Waals surface area contributed by atoms with Crippen molar-refractivity contribution in [2.24, 2.45) is 23.7 Å². The zero-order chi connectivity index (χ0) is 11.5. The second-order valence-corrected chi connectivity index (χ2v) is 6.72. The van der Waals surface area contributed by atoms with Crippen LogP contribution >= 0.6 is 0 Å². The summed E-state index contributed by atoms with van der Waals surface area (Å²) >= 11 is 0. The topological polar surface area (TPSA) is 12.0 Å². The summed E-state index contributed by atoms with van der Waals surface area (Å²) in [5, 5.41) is 3.76. The first-order valence-electron chi connectivity index (χ1n) is 7.38. The minimum Gasteiger partial charge on any atom is -0.314 e. The van der Waals surface area contributed by atoms with Crippen LogP contribution in [-0.4, -0.2) is 12.6 Å². The maximum Gasteiger partial charge on any atom is 0.00389 e. The lowest BCUT2D eigenvalue weighted by Crippen LogP contribution is -2.33. The molecule has 0 aromatic heterocycles. The van der Waals surface area contributed by atoms with Crippen molar-refractivity contribution in [3.05, 3.63) is 0 Å². The van der Waals surface area contributed by atoms with E-state index in [0.29, 0.717) is 0 Å². The van der Waals surface area contributed by atoms with Crippen LogP contribution in [0.3, 0.4) is 0 Å². The van der Waals surface area contributed by atoms with Crippen LogP contribution in [0.5, 0.6) is 0 Å². The van der Waals surface area contributed by atoms with Gasteiger partial charge >= 0.3 is 0 Å². The Morgan fingerprint density at radius 2 is 1.88 bits per heavy atom. The Labute approximate surface area is 101 Å². The first-order valence-corrected chi connectivity index (χ1v) is 7.38. The van der Waals surface area contributed by atoms with E-state index in [9.17, 15) is 0 Å². The second-order valence-electron chi connectivity index (χ2n) is 6.72. The molecule has 0 aromatic carbocycles. The third-order valence-electron chi connectivity index (χ3n) is 4.79. The van der Waals surface area contributed by atoms with Crippen molar-refractivity contribution in [1.82, 2.24) is 5.32 Å². The van der Waals surface area contributed by atoms with Crippen LogP contribution in [0.2, 0.25) is 0 Å². The molecule has 1 N–H and O–H groups in total. The van der Waals surface area contributed by atoms with Gasteiger partial charge in [0, 0.05) is 6.04 Å². The van der Waals surface area contributed by atoms with Crippen molar-refractivity contribution in [2.75, 3.05) is 6.54 Å². The van der Waals surface area contributed by atoms with E-state index < -0.39 is 0 Å². The molecule has 2 bridgehead atoms. The lowest BCUT2D eigenvalue weighted by Gasteiger charge is -2.24. The van der Waals surface area contributed by atoms with E-state index in [-0.39, 0.29) is 0 Å². The van der Waals surface area contributed by atoms with Gasteiger partial charge in [-0.25, -0.2) is 0 Å². The van der Waals surface area contributed by atoms with E-state index in [2.05, 4.69) is 26.1 Å². The third-order valence-corrected chi connectivity index (χ3v) is 4.79. The Kier molecular flexibility index (Phi) is 4.29. The third kappa shape index (κ3) is 3.23. The summed E-state index contributed by atoms with van der Waals surface area (Å²) < 4.78 is 0. The van der Waals surface area contributed by atoms with Gasteiger partial charge in [0.2, 0.25) is 0 Å². The molecule has 16 heavy (non-hydrogen) atoms. The van der Waals surface area contributed by atoms with Crippen LogP contribution in [0, 0.1) is 23.7 Å². The standard InChI is InChI=1S/C15H29N/c1-11(2)4-5-12(3)16-10-15-9-13-6-7-14(15)8-13/h11-16H,4-10H2,1-3H3. The van der Waals surface area contributed by atoms with Gasteiger partial charge in [0.1, 0.15) is 0 Å². The smallest absolute Gasteiger partial charge is 0.00389 e. The van der Waals surface area contributed by atoms with E-state index in [1.165, 1.54) is 38.6 Å². The molecule has 0 saturated heterocycles. The first kappa shape index (κ1) is 12.4. The minimum absolute atomic E-state index is 0.724. The fourth-order valence-electron chi connectivity index (χ4n) is 3.66. The molecule has 94 valence electrons. The molecular formula is C15H29N. The molecular weight excluding hydrogens is 194 g/mol. The first-order chi connectivity index (χ1) is 7.65. The van der Waals surface area contributed by atoms with Gasteiger partial charge in [-0.2, -0.15) is 0 Å². The highest BCUT2D eigenvalue weighted by molar-refractivity contribution is 4.91. The molecule has 1 nitrogen and oxygen atoms in total. The van der Waals surface area contributed by atoms with Crippen LogP contribution in [0.1, 0.15) is 59.3 Å². The maximum atomic E-state index is 3.76. The van der Waals surface area contributed by atoms with Crippen LogP contribution < -0.4 is 5.32 Å². The Morgan fingerprint density at radius 3 is 2.44 bits per heavy atom. The van der Waals surface area contributed by atoms with Gasteiger partial charge in [0.25, 0.3) is 0 Å². The normalized spacial score (nSPS) is 34.9. The van der Waals surface area contributed by atoms with Gasteiger partial charge in [-0.15, -0.1) is 0 Å². The fraction of sp³-hybridized carbons (Fsp3) is 1.00. The van der Waals surface area contributed by atoms with Crippen molar-refractivity contribution >= 4 is 0 Å². The molecule has 0 aromatic rings. The summed E-state index contributed by atoms with van der Waals surface area (Å²) in [5.41, 5.74) is 0. The molecule has 2 aliphatic carbocycles. The summed E-state index contributed by atoms with van der Waals surface area (Å²) in [6.45, 7) is 8.29. The predicted molar refractivity (Wildman–Crippen MR) is 70.5 cm³/mol. The van der Waals surface area contributed by atoms with Crippen molar-refractivity contribution in [3.8, 4) is 0 Å². The monoisotopic (exact) mass is 223 g/mol. The van der Waals surface area contributed by atoms with E-state index >= 15 is 0 Å². The molecule has 4 atom stereocenters. The SMILES string of the molecule is CC(C)CCC(C)NCC1CC2CCC1C2. The molecule has 0 spiro atoms. The fourth-order valence-corrected chi connectivity index (χ4v) is 3.66. The van der Waals surface area contributed by atoms with Gasteiger partial charge in [0.15, 0.2) is 0 Å². The van der Waals surface area contributed by atoms with Crippen molar-refractivity contribution in [2.45, 2.75) is 65.3 Å². The Morgan fingerprint density at radius 1 is 1.06 bits per heavy atom. The summed E-state index contributed by atoms with van der Waals surface area (Å²) in [5.74, 6) is 4.05. The molecule has 2 aliphatic rings. The average molecular weight is 223 g/mol. The Hall–Kier alpha value is -0.0400. The lowest BCUT2D eigenvalue weighted by molar-refractivity contribution is 0.302. The lowest BCUT2D eigenvalue weighted by atomic mass is 9.88. The summed E-state index contributed by atoms with van der Waals surface area (Å²) in [4.78, 5) is 0. The summed E-state index contributed by atoms with van der Waals surface area (Å²) in [6, 6.07) is 0.724. The van der Waals surface area contributed by atoms with E-state index in [0.717, 1.165) is 29.7 Å². The van der Waals surface area contributed by atoms with Crippen LogP contribution in [0.15, 0.2) is 0 Å². The molecule has 2 rings (SSSR count). The zero-order valence-electron chi connectivity index (χ0n) is 11.3. The maximum absolute atomic E-state index is 3.76. The van der Waals surface area contributed by atoms with Crippen LogP contribution in [0.4, 0.5) is 0 Å². The largest absolute Gasteiger partial charge is 0.314 e. The van der Waals surface area contributed by atoms with Gasteiger partial charge in [0.05, 0.1) is 0 Å². The number of fused-ring (bicyclic) bond motifs is 2. The molecule has 0 amide bonds.